The van der Waals surface area contributed by atoms with Crippen LogP contribution in [0.15, 0.2) is 170 Å². The molecule has 3 heterocycles. The summed E-state index contributed by atoms with van der Waals surface area (Å²) in [7, 11) is 0. The quantitative estimate of drug-likeness (QED) is 0.107. The van der Waals surface area contributed by atoms with Crippen LogP contribution in [0.25, 0.3) is 72.3 Å². The second-order valence-electron chi connectivity index (χ2n) is 16.9. The molecule has 0 unspecified atom stereocenters. The van der Waals surface area contributed by atoms with Gasteiger partial charge in [0.15, 0.2) is 0 Å². The molecule has 3 aromatic heterocycles. The maximum absolute atomic E-state index is 9.07. The molecular formula is C56H46N4OPt-2. The Morgan fingerprint density at radius 1 is 0.710 bits per heavy atom. The van der Waals surface area contributed by atoms with Gasteiger partial charge in [-0.25, -0.2) is 4.98 Å². The third-order valence-electron chi connectivity index (χ3n) is 11.1. The predicted octanol–water partition coefficient (Wildman–Crippen LogP) is 13.4. The van der Waals surface area contributed by atoms with Gasteiger partial charge in [0.25, 0.3) is 6.33 Å². The minimum Gasteiger partial charge on any atom is -0.510 e. The summed E-state index contributed by atoms with van der Waals surface area (Å²) in [6.07, 6.45) is 6.36. The van der Waals surface area contributed by atoms with E-state index in [0.717, 1.165) is 56.2 Å². The molecule has 0 saturated carbocycles. The first kappa shape index (κ1) is 35.1. The summed E-state index contributed by atoms with van der Waals surface area (Å²) in [5.74, 6) is 2.23. The van der Waals surface area contributed by atoms with Crippen molar-refractivity contribution in [1.29, 1.82) is 0 Å². The van der Waals surface area contributed by atoms with Crippen LogP contribution < -0.4 is 9.30 Å². The molecule has 0 bridgehead atoms. The van der Waals surface area contributed by atoms with Crippen LogP contribution in [-0.2, 0) is 32.9 Å². The first-order valence-electron chi connectivity index (χ1n) is 23.1. The fraction of sp³-hybridized carbons (Fsp3) is 0.143. The fourth-order valence-corrected chi connectivity index (χ4v) is 8.27. The number of benzene rings is 7. The van der Waals surface area contributed by atoms with Crippen LogP contribution in [0, 0.1) is 24.4 Å². The SMILES string of the molecule is [2H]c1c([2H])c([2H])c(-c2cccc(-c3cccc(CC(C)C)c3)c2-[n+]2[c-]n(-c3[c-]c(Oc4[c-]c5c(cc4)c4ccccc4n5-c4cc(C(C)(C)C)ccn4)ccc3)c3ccccc32)c([2H])c1[2H].[Pt]. The minimum atomic E-state index is -0.441. The Morgan fingerprint density at radius 2 is 1.44 bits per heavy atom. The van der Waals surface area contributed by atoms with Crippen molar-refractivity contribution in [1.82, 2.24) is 14.1 Å². The van der Waals surface area contributed by atoms with Gasteiger partial charge in [0.1, 0.15) is 5.82 Å². The van der Waals surface area contributed by atoms with Gasteiger partial charge in [-0.2, -0.15) is 18.2 Å². The molecule has 10 rings (SSSR count). The van der Waals surface area contributed by atoms with Crippen LogP contribution in [0.5, 0.6) is 11.5 Å². The Morgan fingerprint density at radius 3 is 2.24 bits per heavy atom. The van der Waals surface area contributed by atoms with Crippen molar-refractivity contribution in [2.24, 2.45) is 5.92 Å². The standard InChI is InChI=1S/C56H46N4O.Pt/c1-38(2)32-39-16-13-19-41(33-39)47-24-15-23-46(40-17-7-6-8-18-40)55(47)59-37-58(51-26-11-12-27-52(51)59)43-20-14-21-44(35-43)61-45-28-29-49-48-22-9-10-25-50(48)60(53(49)36-45)54-34-42(30-31-57-54)56(3,4)5;/h6-31,33-34,38H,32H2,1-5H3;/q-2;/i6D,7D,8D,17D,18D;. The summed E-state index contributed by atoms with van der Waals surface area (Å²) in [4.78, 5) is 4.83. The maximum atomic E-state index is 9.07. The molecule has 5 nitrogen and oxygen atoms in total. The zero-order valence-corrected chi connectivity index (χ0v) is 37.3. The molecule has 0 atom stereocenters. The van der Waals surface area contributed by atoms with Gasteiger partial charge >= 0.3 is 0 Å². The molecule has 10 aromatic rings. The number of para-hydroxylation sites is 4. The molecule has 0 aliphatic carbocycles. The Bertz CT molecular complexity index is 3510. The summed E-state index contributed by atoms with van der Waals surface area (Å²) in [6.45, 7) is 11.0. The van der Waals surface area contributed by atoms with Crippen molar-refractivity contribution in [3.8, 4) is 50.9 Å². The summed E-state index contributed by atoms with van der Waals surface area (Å²) in [5.41, 5.74) is 9.37. The number of hydrogen-bond acceptors (Lipinski definition) is 2. The average molecular weight is 991 g/mol. The van der Waals surface area contributed by atoms with Gasteiger partial charge in [-0.15, -0.1) is 29.7 Å². The van der Waals surface area contributed by atoms with E-state index in [0.29, 0.717) is 34.4 Å². The fourth-order valence-electron chi connectivity index (χ4n) is 8.27. The number of imidazole rings is 1. The van der Waals surface area contributed by atoms with E-state index in [2.05, 4.69) is 106 Å². The third kappa shape index (κ3) is 7.67. The molecular weight excluding hydrogens is 940 g/mol. The first-order chi connectivity index (χ1) is 31.8. The number of nitrogens with zero attached hydrogens (tertiary/aromatic N) is 4. The van der Waals surface area contributed by atoms with Crippen LogP contribution in [0.3, 0.4) is 0 Å². The molecule has 0 aliphatic rings. The number of pyridine rings is 1. The Labute approximate surface area is 385 Å². The van der Waals surface area contributed by atoms with Gasteiger partial charge in [-0.05, 0) is 80.4 Å². The molecule has 6 heteroatoms. The zero-order valence-electron chi connectivity index (χ0n) is 40.1. The van der Waals surface area contributed by atoms with Gasteiger partial charge in [0.05, 0.1) is 23.6 Å². The third-order valence-corrected chi connectivity index (χ3v) is 11.1. The van der Waals surface area contributed by atoms with E-state index < -0.39 is 18.1 Å². The van der Waals surface area contributed by atoms with Crippen molar-refractivity contribution in [3.05, 3.63) is 199 Å². The topological polar surface area (TPSA) is 35.9 Å². The molecule has 0 saturated heterocycles. The van der Waals surface area contributed by atoms with Crippen molar-refractivity contribution < 1.29 is 37.2 Å². The van der Waals surface area contributed by atoms with E-state index in [-0.39, 0.29) is 44.1 Å². The van der Waals surface area contributed by atoms with E-state index in [1.165, 1.54) is 11.1 Å². The molecule has 7 aromatic carbocycles. The van der Waals surface area contributed by atoms with E-state index in [4.69, 9.17) is 16.6 Å². The first-order valence-corrected chi connectivity index (χ1v) is 20.6. The molecule has 0 spiro atoms. The van der Waals surface area contributed by atoms with Crippen molar-refractivity contribution >= 4 is 32.8 Å². The second kappa shape index (κ2) is 16.7. The Kier molecular flexibility index (Phi) is 9.46. The van der Waals surface area contributed by atoms with Crippen LogP contribution in [0.4, 0.5) is 0 Å². The molecule has 0 radical (unpaired) electrons. The Balaban J connectivity index is 0.00000562. The Hall–Kier alpha value is -6.55. The van der Waals surface area contributed by atoms with E-state index in [1.807, 2.05) is 100 Å². The van der Waals surface area contributed by atoms with Gasteiger partial charge in [-0.3, -0.25) is 4.57 Å². The molecule has 0 N–H and O–H groups in total. The number of ether oxygens (including phenoxy) is 1. The second-order valence-corrected chi connectivity index (χ2v) is 16.9. The number of fused-ring (bicyclic) bond motifs is 4. The predicted molar refractivity (Wildman–Crippen MR) is 248 cm³/mol. The maximum Gasteiger partial charge on any atom is 0.268 e. The summed E-state index contributed by atoms with van der Waals surface area (Å²) in [5, 5.41) is 2.13. The largest absolute Gasteiger partial charge is 0.510 e. The monoisotopic (exact) mass is 990 g/mol. The number of aromatic nitrogens is 4. The molecule has 308 valence electrons. The number of hydrogen-bond donors (Lipinski definition) is 0. The minimum absolute atomic E-state index is 0. The van der Waals surface area contributed by atoms with Crippen LogP contribution in [0.2, 0.25) is 0 Å². The normalized spacial score (nSPS) is 12.8. The summed E-state index contributed by atoms with van der Waals surface area (Å²) < 4.78 is 56.3. The van der Waals surface area contributed by atoms with E-state index in [1.54, 1.807) is 0 Å². The molecule has 0 fully saturated rings. The molecule has 62 heavy (non-hydrogen) atoms. The zero-order chi connectivity index (χ0) is 46.0. The van der Waals surface area contributed by atoms with Gasteiger partial charge in [-0.1, -0.05) is 155 Å². The molecule has 0 amide bonds. The van der Waals surface area contributed by atoms with Gasteiger partial charge in [0, 0.05) is 44.3 Å². The van der Waals surface area contributed by atoms with Crippen molar-refractivity contribution in [2.75, 3.05) is 0 Å². The van der Waals surface area contributed by atoms with Crippen LogP contribution in [-0.4, -0.2) is 14.1 Å². The van der Waals surface area contributed by atoms with Crippen LogP contribution in [0.1, 0.15) is 52.6 Å². The summed E-state index contributed by atoms with van der Waals surface area (Å²) in [6, 6.07) is 49.5. The van der Waals surface area contributed by atoms with Gasteiger partial charge in [0.2, 0.25) is 0 Å². The van der Waals surface area contributed by atoms with Crippen molar-refractivity contribution in [2.45, 2.75) is 46.5 Å². The van der Waals surface area contributed by atoms with Crippen molar-refractivity contribution in [3.63, 3.8) is 0 Å². The number of rotatable bonds is 9. The van der Waals surface area contributed by atoms with E-state index >= 15 is 0 Å². The smallest absolute Gasteiger partial charge is 0.268 e. The van der Waals surface area contributed by atoms with Gasteiger partial charge < -0.3 is 13.9 Å². The molecule has 0 aliphatic heterocycles. The summed E-state index contributed by atoms with van der Waals surface area (Å²) >= 11 is 0. The van der Waals surface area contributed by atoms with Crippen LogP contribution >= 0.6 is 0 Å². The average Bonchev–Trinajstić information content (AvgIpc) is 3.86. The van der Waals surface area contributed by atoms with E-state index in [9.17, 15) is 0 Å².